The molecule has 2 heterocycles. The molecule has 18 heavy (non-hydrogen) atoms. The van der Waals surface area contributed by atoms with E-state index in [1.807, 2.05) is 12.2 Å². The first-order valence-electron chi connectivity index (χ1n) is 5.54. The smallest absolute Gasteiger partial charge is 0.224 e. The Balaban J connectivity index is 2.34. The number of nitrogens with zero attached hydrogens (tertiary/aromatic N) is 3. The highest BCUT2D eigenvalue weighted by molar-refractivity contribution is 9.09. The third-order valence-electron chi connectivity index (χ3n) is 2.54. The zero-order valence-electron chi connectivity index (χ0n) is 9.64. The Morgan fingerprint density at radius 1 is 1.39 bits per heavy atom. The SMILES string of the molecule is Sc1c(/C=C/CBr)nc(Cl)nc1N1CCOCC1. The summed E-state index contributed by atoms with van der Waals surface area (Å²) in [6, 6.07) is 0. The van der Waals surface area contributed by atoms with Gasteiger partial charge in [0.05, 0.1) is 23.8 Å². The number of ether oxygens (including phenoxy) is 1. The first-order chi connectivity index (χ1) is 8.72. The van der Waals surface area contributed by atoms with Gasteiger partial charge in [0.25, 0.3) is 0 Å². The number of alkyl halides is 1. The second-order valence-electron chi connectivity index (χ2n) is 3.71. The minimum Gasteiger partial charge on any atom is -0.378 e. The third-order valence-corrected chi connectivity index (χ3v) is 3.51. The van der Waals surface area contributed by atoms with Crippen LogP contribution in [0.1, 0.15) is 5.69 Å². The van der Waals surface area contributed by atoms with Crippen LogP contribution in [0, 0.1) is 0 Å². The maximum Gasteiger partial charge on any atom is 0.224 e. The van der Waals surface area contributed by atoms with Crippen molar-refractivity contribution in [3.05, 3.63) is 17.1 Å². The molecular weight excluding hydrogens is 338 g/mol. The largest absolute Gasteiger partial charge is 0.378 e. The van der Waals surface area contributed by atoms with Gasteiger partial charge in [0.2, 0.25) is 5.28 Å². The van der Waals surface area contributed by atoms with Gasteiger partial charge in [-0.1, -0.05) is 22.0 Å². The van der Waals surface area contributed by atoms with Crippen LogP contribution in [0.25, 0.3) is 6.08 Å². The van der Waals surface area contributed by atoms with E-state index in [1.165, 1.54) is 0 Å². The second-order valence-corrected chi connectivity index (χ2v) is 5.14. The summed E-state index contributed by atoms with van der Waals surface area (Å²) < 4.78 is 5.32. The molecule has 0 N–H and O–H groups in total. The Hall–Kier alpha value is -0.300. The minimum absolute atomic E-state index is 0.239. The van der Waals surface area contributed by atoms with E-state index in [-0.39, 0.29) is 5.28 Å². The van der Waals surface area contributed by atoms with Crippen LogP contribution in [0.2, 0.25) is 5.28 Å². The lowest BCUT2D eigenvalue weighted by molar-refractivity contribution is 0.122. The van der Waals surface area contributed by atoms with E-state index < -0.39 is 0 Å². The number of anilines is 1. The summed E-state index contributed by atoms with van der Waals surface area (Å²) >= 11 is 13.8. The van der Waals surface area contributed by atoms with Crippen LogP contribution in [0.4, 0.5) is 5.82 Å². The number of halogens is 2. The molecule has 0 spiro atoms. The molecule has 1 saturated heterocycles. The molecule has 1 aliphatic rings. The molecule has 2 rings (SSSR count). The fraction of sp³-hybridized carbons (Fsp3) is 0.455. The van der Waals surface area contributed by atoms with Crippen molar-refractivity contribution in [2.75, 3.05) is 36.5 Å². The van der Waals surface area contributed by atoms with Gasteiger partial charge in [-0.25, -0.2) is 4.98 Å². The van der Waals surface area contributed by atoms with Crippen molar-refractivity contribution in [3.63, 3.8) is 0 Å². The molecule has 0 amide bonds. The highest BCUT2D eigenvalue weighted by atomic mass is 79.9. The van der Waals surface area contributed by atoms with Crippen molar-refractivity contribution in [2.24, 2.45) is 0 Å². The lowest BCUT2D eigenvalue weighted by atomic mass is 10.3. The molecule has 1 aromatic rings. The van der Waals surface area contributed by atoms with Crippen LogP contribution in [-0.4, -0.2) is 41.6 Å². The Bertz CT molecular complexity index is 452. The van der Waals surface area contributed by atoms with E-state index in [0.29, 0.717) is 13.2 Å². The van der Waals surface area contributed by atoms with Gasteiger partial charge >= 0.3 is 0 Å². The van der Waals surface area contributed by atoms with Crippen LogP contribution >= 0.6 is 40.2 Å². The predicted molar refractivity (Wildman–Crippen MR) is 80.2 cm³/mol. The van der Waals surface area contributed by atoms with Crippen LogP contribution in [0.3, 0.4) is 0 Å². The topological polar surface area (TPSA) is 38.2 Å². The monoisotopic (exact) mass is 349 g/mol. The molecule has 4 nitrogen and oxygen atoms in total. The van der Waals surface area contributed by atoms with Crippen LogP contribution in [0.15, 0.2) is 11.0 Å². The number of rotatable bonds is 3. The Kier molecular flexibility index (Phi) is 5.29. The van der Waals surface area contributed by atoms with Gasteiger partial charge < -0.3 is 9.64 Å². The van der Waals surface area contributed by atoms with Gasteiger partial charge in [-0.3, -0.25) is 0 Å². The fourth-order valence-corrected chi connectivity index (χ4v) is 2.37. The summed E-state index contributed by atoms with van der Waals surface area (Å²) in [6.45, 7) is 2.98. The standard InChI is InChI=1S/C11H13BrClN3OS/c12-3-1-2-8-9(18)10(15-11(13)14-8)16-4-6-17-7-5-16/h1-2,18H,3-7H2/b2-1+. The lowest BCUT2D eigenvalue weighted by Gasteiger charge is -2.28. The second kappa shape index (κ2) is 6.75. The molecule has 1 aromatic heterocycles. The number of allylic oxidation sites excluding steroid dienone is 1. The molecule has 0 radical (unpaired) electrons. The quantitative estimate of drug-likeness (QED) is 0.517. The molecule has 0 aromatic carbocycles. The number of morpholine rings is 1. The van der Waals surface area contributed by atoms with Crippen LogP contribution < -0.4 is 4.90 Å². The van der Waals surface area contributed by atoms with Gasteiger partial charge in [0, 0.05) is 18.4 Å². The van der Waals surface area contributed by atoms with Crippen molar-refractivity contribution >= 4 is 52.1 Å². The Labute approximate surface area is 125 Å². The zero-order chi connectivity index (χ0) is 13.0. The van der Waals surface area contributed by atoms with E-state index in [0.717, 1.165) is 34.8 Å². The zero-order valence-corrected chi connectivity index (χ0v) is 12.9. The molecular formula is C11H13BrClN3OS. The molecule has 0 aliphatic carbocycles. The van der Waals surface area contributed by atoms with Crippen molar-refractivity contribution in [2.45, 2.75) is 4.90 Å². The Morgan fingerprint density at radius 2 is 2.11 bits per heavy atom. The molecule has 1 aliphatic heterocycles. The van der Waals surface area contributed by atoms with E-state index in [9.17, 15) is 0 Å². The van der Waals surface area contributed by atoms with Gasteiger partial charge in [0.15, 0.2) is 0 Å². The third kappa shape index (κ3) is 3.38. The first kappa shape index (κ1) is 14.1. The van der Waals surface area contributed by atoms with E-state index in [4.69, 9.17) is 16.3 Å². The predicted octanol–water partition coefficient (Wildman–Crippen LogP) is 2.66. The number of thiol groups is 1. The summed E-state index contributed by atoms with van der Waals surface area (Å²) in [4.78, 5) is 11.3. The fourth-order valence-electron chi connectivity index (χ4n) is 1.70. The number of hydrogen-bond donors (Lipinski definition) is 1. The van der Waals surface area contributed by atoms with E-state index in [2.05, 4.69) is 43.4 Å². The highest BCUT2D eigenvalue weighted by Crippen LogP contribution is 2.27. The van der Waals surface area contributed by atoms with Gasteiger partial charge in [-0.2, -0.15) is 4.98 Å². The molecule has 0 bridgehead atoms. The highest BCUT2D eigenvalue weighted by Gasteiger charge is 2.18. The first-order valence-corrected chi connectivity index (χ1v) is 7.48. The van der Waals surface area contributed by atoms with Crippen molar-refractivity contribution in [1.29, 1.82) is 0 Å². The van der Waals surface area contributed by atoms with E-state index in [1.54, 1.807) is 0 Å². The molecule has 7 heteroatoms. The number of hydrogen-bond acceptors (Lipinski definition) is 5. The molecule has 0 unspecified atom stereocenters. The van der Waals surface area contributed by atoms with Crippen LogP contribution in [-0.2, 0) is 4.74 Å². The summed E-state index contributed by atoms with van der Waals surface area (Å²) in [5, 5.41) is 0.998. The summed E-state index contributed by atoms with van der Waals surface area (Å²) in [5.74, 6) is 0.774. The summed E-state index contributed by atoms with van der Waals surface area (Å²) in [5.41, 5.74) is 0.735. The normalized spacial score (nSPS) is 16.5. The maximum atomic E-state index is 5.96. The van der Waals surface area contributed by atoms with Gasteiger partial charge in [-0.05, 0) is 17.7 Å². The molecule has 1 fully saturated rings. The van der Waals surface area contributed by atoms with Crippen molar-refractivity contribution in [1.82, 2.24) is 9.97 Å². The summed E-state index contributed by atoms with van der Waals surface area (Å²) in [7, 11) is 0. The van der Waals surface area contributed by atoms with Gasteiger partial charge in [-0.15, -0.1) is 12.6 Å². The van der Waals surface area contributed by atoms with Crippen molar-refractivity contribution in [3.8, 4) is 0 Å². The minimum atomic E-state index is 0.239. The number of aromatic nitrogens is 2. The van der Waals surface area contributed by atoms with Crippen LogP contribution in [0.5, 0.6) is 0 Å². The Morgan fingerprint density at radius 3 is 2.78 bits per heavy atom. The summed E-state index contributed by atoms with van der Waals surface area (Å²) in [6.07, 6.45) is 3.83. The van der Waals surface area contributed by atoms with E-state index >= 15 is 0 Å². The molecule has 98 valence electrons. The maximum absolute atomic E-state index is 5.96. The molecule has 0 saturated carbocycles. The lowest BCUT2D eigenvalue weighted by Crippen LogP contribution is -2.37. The van der Waals surface area contributed by atoms with Crippen molar-refractivity contribution < 1.29 is 4.74 Å². The average molecular weight is 351 g/mol. The molecule has 0 atom stereocenters. The van der Waals surface area contributed by atoms with Gasteiger partial charge in [0.1, 0.15) is 5.82 Å². The average Bonchev–Trinajstić information content (AvgIpc) is 2.40.